The first-order valence-corrected chi connectivity index (χ1v) is 8.76. The highest BCUT2D eigenvalue weighted by Gasteiger charge is 2.25. The number of benzene rings is 1. The molecule has 6 nitrogen and oxygen atoms in total. The van der Waals surface area contributed by atoms with E-state index < -0.39 is 11.2 Å². The molecule has 0 aromatic heterocycles. The zero-order valence-electron chi connectivity index (χ0n) is 14.4. The lowest BCUT2D eigenvalue weighted by atomic mass is 10.2. The maximum absolute atomic E-state index is 12.3. The van der Waals surface area contributed by atoms with Crippen LogP contribution in [0.25, 0.3) is 0 Å². The molecular weight excluding hydrogens is 328 g/mol. The van der Waals surface area contributed by atoms with E-state index in [1.54, 1.807) is 20.8 Å². The first kappa shape index (κ1) is 20.0. The van der Waals surface area contributed by atoms with Gasteiger partial charge in [0.1, 0.15) is 6.54 Å². The summed E-state index contributed by atoms with van der Waals surface area (Å²) in [5, 5.41) is 11.2. The van der Waals surface area contributed by atoms with E-state index in [0.717, 1.165) is 5.56 Å². The minimum absolute atomic E-state index is 0.125. The van der Waals surface area contributed by atoms with Crippen LogP contribution >= 0.6 is 11.8 Å². The third-order valence-electron chi connectivity index (χ3n) is 3.36. The number of rotatable bonds is 8. The van der Waals surface area contributed by atoms with Gasteiger partial charge in [0.2, 0.25) is 11.8 Å². The standard InChI is InChI=1S/C17H24N2O4S/c1-11(2)19(9-16(21)22)17(23)13(4)24-10-15(20)18-14-7-5-12(3)6-8-14/h5-8,11,13H,9-10H2,1-4H3,(H,18,20)(H,21,22). The predicted molar refractivity (Wildman–Crippen MR) is 96.2 cm³/mol. The minimum atomic E-state index is -1.05. The van der Waals surface area contributed by atoms with Crippen LogP contribution in [0.5, 0.6) is 0 Å². The van der Waals surface area contributed by atoms with Crippen LogP contribution in [0.1, 0.15) is 26.3 Å². The molecule has 0 heterocycles. The van der Waals surface area contributed by atoms with Crippen LogP contribution in [0.2, 0.25) is 0 Å². The summed E-state index contributed by atoms with van der Waals surface area (Å²) in [5.74, 6) is -1.40. The van der Waals surface area contributed by atoms with Gasteiger partial charge < -0.3 is 15.3 Å². The van der Waals surface area contributed by atoms with E-state index in [-0.39, 0.29) is 30.2 Å². The molecule has 1 aromatic carbocycles. The van der Waals surface area contributed by atoms with Gasteiger partial charge in [0.15, 0.2) is 0 Å². The lowest BCUT2D eigenvalue weighted by molar-refractivity contribution is -0.145. The molecule has 1 unspecified atom stereocenters. The van der Waals surface area contributed by atoms with Gasteiger partial charge >= 0.3 is 5.97 Å². The highest BCUT2D eigenvalue weighted by Crippen LogP contribution is 2.16. The van der Waals surface area contributed by atoms with Crippen LogP contribution in [-0.2, 0) is 14.4 Å². The number of nitrogens with zero attached hydrogens (tertiary/aromatic N) is 1. The zero-order chi connectivity index (χ0) is 18.3. The smallest absolute Gasteiger partial charge is 0.323 e. The number of aryl methyl sites for hydroxylation is 1. The summed E-state index contributed by atoms with van der Waals surface area (Å²) in [6, 6.07) is 7.24. The van der Waals surface area contributed by atoms with Crippen molar-refractivity contribution in [3.05, 3.63) is 29.8 Å². The molecular formula is C17H24N2O4S. The van der Waals surface area contributed by atoms with Gasteiger partial charge in [0.05, 0.1) is 11.0 Å². The molecule has 0 saturated heterocycles. The Morgan fingerprint density at radius 2 is 1.75 bits per heavy atom. The fraction of sp³-hybridized carbons (Fsp3) is 0.471. The van der Waals surface area contributed by atoms with Crippen molar-refractivity contribution in [2.24, 2.45) is 0 Å². The molecule has 0 radical (unpaired) electrons. The Labute approximate surface area is 146 Å². The molecule has 1 rings (SSSR count). The number of carbonyl (C=O) groups is 3. The van der Waals surface area contributed by atoms with Gasteiger partial charge in [-0.25, -0.2) is 0 Å². The summed E-state index contributed by atoms with van der Waals surface area (Å²) < 4.78 is 0. The van der Waals surface area contributed by atoms with Crippen LogP contribution in [0.4, 0.5) is 5.69 Å². The molecule has 0 aliphatic carbocycles. The number of thioether (sulfide) groups is 1. The van der Waals surface area contributed by atoms with Crippen molar-refractivity contribution in [2.45, 2.75) is 39.0 Å². The average molecular weight is 352 g/mol. The third kappa shape index (κ3) is 6.62. The van der Waals surface area contributed by atoms with E-state index in [0.29, 0.717) is 5.69 Å². The van der Waals surface area contributed by atoms with Crippen LogP contribution in [-0.4, -0.2) is 51.4 Å². The fourth-order valence-electron chi connectivity index (χ4n) is 2.00. The molecule has 24 heavy (non-hydrogen) atoms. The van der Waals surface area contributed by atoms with Crippen molar-refractivity contribution in [3.8, 4) is 0 Å². The van der Waals surface area contributed by atoms with Gasteiger partial charge in [-0.05, 0) is 39.8 Å². The lowest BCUT2D eigenvalue weighted by Gasteiger charge is -2.27. The number of carboxylic acids is 1. The summed E-state index contributed by atoms with van der Waals surface area (Å²) in [7, 11) is 0. The van der Waals surface area contributed by atoms with E-state index in [9.17, 15) is 14.4 Å². The molecule has 0 spiro atoms. The molecule has 0 saturated carbocycles. The molecule has 132 valence electrons. The van der Waals surface area contributed by atoms with E-state index in [4.69, 9.17) is 5.11 Å². The van der Waals surface area contributed by atoms with Crippen molar-refractivity contribution >= 4 is 35.2 Å². The second kappa shape index (κ2) is 9.32. The number of hydrogen-bond donors (Lipinski definition) is 2. The Morgan fingerprint density at radius 1 is 1.17 bits per heavy atom. The molecule has 7 heteroatoms. The Bertz CT molecular complexity index is 587. The SMILES string of the molecule is Cc1ccc(NC(=O)CSC(C)C(=O)N(CC(=O)O)C(C)C)cc1. The van der Waals surface area contributed by atoms with Crippen molar-refractivity contribution in [3.63, 3.8) is 0 Å². The first-order chi connectivity index (χ1) is 11.2. The highest BCUT2D eigenvalue weighted by atomic mass is 32.2. The fourth-order valence-corrected chi connectivity index (χ4v) is 2.75. The first-order valence-electron chi connectivity index (χ1n) is 7.71. The largest absolute Gasteiger partial charge is 0.480 e. The number of anilines is 1. The van der Waals surface area contributed by atoms with Gasteiger partial charge in [0, 0.05) is 11.7 Å². The van der Waals surface area contributed by atoms with E-state index in [1.165, 1.54) is 16.7 Å². The number of carboxylic acid groups (broad SMARTS) is 1. The minimum Gasteiger partial charge on any atom is -0.480 e. The number of carbonyl (C=O) groups excluding carboxylic acids is 2. The average Bonchev–Trinajstić information content (AvgIpc) is 2.51. The Morgan fingerprint density at radius 3 is 2.25 bits per heavy atom. The van der Waals surface area contributed by atoms with Crippen molar-refractivity contribution < 1.29 is 19.5 Å². The molecule has 0 fully saturated rings. The normalized spacial score (nSPS) is 11.9. The summed E-state index contributed by atoms with van der Waals surface area (Å²) in [6.45, 7) is 6.84. The third-order valence-corrected chi connectivity index (χ3v) is 4.49. The van der Waals surface area contributed by atoms with E-state index in [2.05, 4.69) is 5.32 Å². The van der Waals surface area contributed by atoms with Crippen LogP contribution in [0, 0.1) is 6.92 Å². The molecule has 0 aliphatic heterocycles. The van der Waals surface area contributed by atoms with Gasteiger partial charge in [0.25, 0.3) is 0 Å². The quantitative estimate of drug-likeness (QED) is 0.750. The van der Waals surface area contributed by atoms with E-state index >= 15 is 0 Å². The monoisotopic (exact) mass is 352 g/mol. The second-order valence-electron chi connectivity index (χ2n) is 5.82. The van der Waals surface area contributed by atoms with Crippen LogP contribution in [0.15, 0.2) is 24.3 Å². The summed E-state index contributed by atoms with van der Waals surface area (Å²) in [4.78, 5) is 36.5. The van der Waals surface area contributed by atoms with Gasteiger partial charge in [-0.15, -0.1) is 11.8 Å². The van der Waals surface area contributed by atoms with Gasteiger partial charge in [-0.2, -0.15) is 0 Å². The predicted octanol–water partition coefficient (Wildman–Crippen LogP) is 2.38. The molecule has 0 bridgehead atoms. The lowest BCUT2D eigenvalue weighted by Crippen LogP contribution is -2.44. The number of nitrogens with one attached hydrogen (secondary N) is 1. The van der Waals surface area contributed by atoms with Crippen molar-refractivity contribution in [1.29, 1.82) is 0 Å². The summed E-state index contributed by atoms with van der Waals surface area (Å²) >= 11 is 1.19. The molecule has 1 atom stereocenters. The van der Waals surface area contributed by atoms with E-state index in [1.807, 2.05) is 31.2 Å². The number of aliphatic carboxylic acids is 1. The number of hydrogen-bond acceptors (Lipinski definition) is 4. The zero-order valence-corrected chi connectivity index (χ0v) is 15.2. The van der Waals surface area contributed by atoms with Crippen molar-refractivity contribution in [2.75, 3.05) is 17.6 Å². The van der Waals surface area contributed by atoms with Gasteiger partial charge in [-0.3, -0.25) is 14.4 Å². The molecule has 0 aliphatic rings. The topological polar surface area (TPSA) is 86.7 Å². The Hall–Kier alpha value is -2.02. The highest BCUT2D eigenvalue weighted by molar-refractivity contribution is 8.01. The summed E-state index contributed by atoms with van der Waals surface area (Å²) in [6.07, 6.45) is 0. The van der Waals surface area contributed by atoms with Crippen molar-refractivity contribution in [1.82, 2.24) is 4.90 Å². The van der Waals surface area contributed by atoms with Gasteiger partial charge in [-0.1, -0.05) is 17.7 Å². The maximum Gasteiger partial charge on any atom is 0.323 e. The van der Waals surface area contributed by atoms with Crippen LogP contribution in [0.3, 0.4) is 0 Å². The molecule has 2 N–H and O–H groups in total. The Kier molecular flexibility index (Phi) is 7.78. The Balaban J connectivity index is 2.52. The molecule has 2 amide bonds. The maximum atomic E-state index is 12.3. The summed E-state index contributed by atoms with van der Waals surface area (Å²) in [5.41, 5.74) is 1.81. The second-order valence-corrected chi connectivity index (χ2v) is 7.15. The number of amides is 2. The molecule has 1 aromatic rings. The van der Waals surface area contributed by atoms with Crippen LogP contribution < -0.4 is 5.32 Å².